The maximum Gasteiger partial charge on any atom is 0.490 e. The van der Waals surface area contributed by atoms with Gasteiger partial charge in [-0.1, -0.05) is 30.3 Å². The first kappa shape index (κ1) is 52.3. The van der Waals surface area contributed by atoms with Gasteiger partial charge in [0.25, 0.3) is 0 Å². The first-order valence-corrected chi connectivity index (χ1v) is 18.0. The summed E-state index contributed by atoms with van der Waals surface area (Å²) in [6.07, 6.45) is -6.29. The van der Waals surface area contributed by atoms with E-state index in [-0.39, 0.29) is 12.8 Å². The third-order valence-electron chi connectivity index (χ3n) is 8.07. The minimum Gasteiger partial charge on any atom is -0.481 e. The Morgan fingerprint density at radius 1 is 0.738 bits per heavy atom. The van der Waals surface area contributed by atoms with Gasteiger partial charge in [0.05, 0.1) is 31.1 Å². The van der Waals surface area contributed by atoms with E-state index in [0.717, 1.165) is 13.8 Å². The normalized spacial score (nSPS) is 14.9. The van der Waals surface area contributed by atoms with Crippen molar-refractivity contribution in [3.63, 3.8) is 0 Å². The maximum atomic E-state index is 13.3. The van der Waals surface area contributed by atoms with Crippen LogP contribution in [-0.2, 0) is 56.0 Å². The smallest absolute Gasteiger partial charge is 0.481 e. The molecule has 23 nitrogen and oxygen atoms in total. The Morgan fingerprint density at radius 3 is 1.80 bits per heavy atom. The van der Waals surface area contributed by atoms with E-state index in [2.05, 4.69) is 41.9 Å². The quantitative estimate of drug-likeness (QED) is 0.0544. The molecule has 6 amide bonds. The fourth-order valence-corrected chi connectivity index (χ4v) is 4.83. The number of hydrogen-bond acceptors (Lipinski definition) is 13. The number of nitrogens with two attached hydrogens (primary N) is 1. The SMILES string of the molecule is C[C@H](NC(=O)[C@@H](N)Cc1cnc[nH]1)C(=O)N[C@@H](CCC(=O)O)C(=O)NCC(=O)N[C@H](C(=O)N[C@@H](Cc1ccccc1)C(=O)N[C@H](C(=O)O)[C@@H](C)O)[C@@H](C)O.O=C(O)C(F)(F)F. The highest BCUT2D eigenvalue weighted by molar-refractivity contribution is 5.96. The van der Waals surface area contributed by atoms with Crippen LogP contribution in [0.25, 0.3) is 0 Å². The van der Waals surface area contributed by atoms with Crippen molar-refractivity contribution in [2.75, 3.05) is 6.54 Å². The van der Waals surface area contributed by atoms with E-state index < -0.39 is 127 Å². The highest BCUT2D eigenvalue weighted by Gasteiger charge is 2.38. The number of carbonyl (C=O) groups excluding carboxylic acids is 6. The Labute approximate surface area is 344 Å². The largest absolute Gasteiger partial charge is 0.490 e. The number of halogens is 3. The number of alkyl halides is 3. The summed E-state index contributed by atoms with van der Waals surface area (Å²) < 4.78 is 31.7. The molecule has 0 bridgehead atoms. The van der Waals surface area contributed by atoms with Crippen LogP contribution >= 0.6 is 0 Å². The number of nitrogens with zero attached hydrogens (tertiary/aromatic N) is 1. The molecule has 2 aromatic rings. The highest BCUT2D eigenvalue weighted by atomic mass is 19.4. The van der Waals surface area contributed by atoms with Gasteiger partial charge < -0.3 is 68.2 Å². The fraction of sp³-hybridized carbons (Fsp3) is 0.486. The molecule has 0 aliphatic carbocycles. The zero-order chi connectivity index (χ0) is 46.6. The number of carboxylic acids is 3. The summed E-state index contributed by atoms with van der Waals surface area (Å²) in [7, 11) is 0. The predicted molar refractivity (Wildman–Crippen MR) is 200 cm³/mol. The average Bonchev–Trinajstić information content (AvgIpc) is 3.68. The Morgan fingerprint density at radius 2 is 1.31 bits per heavy atom. The number of aliphatic hydroxyl groups excluding tert-OH is 2. The fourth-order valence-electron chi connectivity index (χ4n) is 4.83. The summed E-state index contributed by atoms with van der Waals surface area (Å²) >= 11 is 0. The van der Waals surface area contributed by atoms with Crippen molar-refractivity contribution >= 4 is 53.4 Å². The maximum absolute atomic E-state index is 13.3. The van der Waals surface area contributed by atoms with Gasteiger partial charge in [0.15, 0.2) is 6.04 Å². The van der Waals surface area contributed by atoms with Gasteiger partial charge >= 0.3 is 24.1 Å². The molecule has 0 aliphatic heterocycles. The zero-order valence-electron chi connectivity index (χ0n) is 32.8. The first-order valence-electron chi connectivity index (χ1n) is 18.0. The lowest BCUT2D eigenvalue weighted by Gasteiger charge is -2.26. The van der Waals surface area contributed by atoms with Crippen LogP contribution in [0.15, 0.2) is 42.9 Å². The van der Waals surface area contributed by atoms with E-state index in [1.54, 1.807) is 30.3 Å². The molecule has 0 fully saturated rings. The number of aromatic nitrogens is 2. The summed E-state index contributed by atoms with van der Waals surface area (Å²) in [6, 6.07) is -0.306. The van der Waals surface area contributed by atoms with E-state index >= 15 is 0 Å². The first-order chi connectivity index (χ1) is 28.3. The van der Waals surface area contributed by atoms with Gasteiger partial charge in [0.1, 0.15) is 24.2 Å². The van der Waals surface area contributed by atoms with E-state index in [0.29, 0.717) is 11.3 Å². The molecule has 1 aromatic carbocycles. The molecule has 0 aliphatic rings. The molecular weight excluding hydrogens is 827 g/mol. The van der Waals surface area contributed by atoms with Crippen LogP contribution < -0.4 is 37.6 Å². The number of carbonyl (C=O) groups is 9. The second-order valence-corrected chi connectivity index (χ2v) is 13.2. The Bertz CT molecular complexity index is 1820. The molecule has 338 valence electrons. The number of aliphatic carboxylic acids is 3. The van der Waals surface area contributed by atoms with Crippen LogP contribution in [0.5, 0.6) is 0 Å². The van der Waals surface area contributed by atoms with Crippen molar-refractivity contribution in [3.8, 4) is 0 Å². The van der Waals surface area contributed by atoms with E-state index in [4.69, 9.17) is 20.7 Å². The van der Waals surface area contributed by atoms with E-state index in [1.165, 1.54) is 19.4 Å². The molecule has 8 atom stereocenters. The minimum atomic E-state index is -5.08. The Kier molecular flexibility index (Phi) is 21.5. The van der Waals surface area contributed by atoms with Crippen molar-refractivity contribution in [2.24, 2.45) is 5.73 Å². The van der Waals surface area contributed by atoms with Crippen LogP contribution in [0.1, 0.15) is 44.9 Å². The third kappa shape index (κ3) is 19.8. The number of amides is 6. The number of imidazole rings is 1. The van der Waals surface area contributed by atoms with Crippen LogP contribution in [0.2, 0.25) is 0 Å². The second-order valence-electron chi connectivity index (χ2n) is 13.2. The van der Waals surface area contributed by atoms with Crippen LogP contribution in [0.3, 0.4) is 0 Å². The Balaban J connectivity index is 0.00000243. The molecular formula is C35H48F3N9O14. The van der Waals surface area contributed by atoms with Crippen molar-refractivity contribution in [3.05, 3.63) is 54.1 Å². The number of H-pyrrole nitrogens is 1. The molecule has 0 saturated heterocycles. The average molecular weight is 876 g/mol. The summed E-state index contributed by atoms with van der Waals surface area (Å²) in [5.74, 6) is -11.2. The van der Waals surface area contributed by atoms with Gasteiger partial charge in [0.2, 0.25) is 35.4 Å². The second kappa shape index (κ2) is 25.1. The molecule has 0 unspecified atom stereocenters. The van der Waals surface area contributed by atoms with Gasteiger partial charge in [-0.3, -0.25) is 33.6 Å². The third-order valence-corrected chi connectivity index (χ3v) is 8.07. The molecule has 1 aromatic heterocycles. The number of aromatic amines is 1. The molecule has 61 heavy (non-hydrogen) atoms. The van der Waals surface area contributed by atoms with Crippen molar-refractivity contribution in [1.82, 2.24) is 41.9 Å². The van der Waals surface area contributed by atoms with E-state index in [9.17, 15) is 66.8 Å². The van der Waals surface area contributed by atoms with Crippen LogP contribution in [0, 0.1) is 0 Å². The summed E-state index contributed by atoms with van der Waals surface area (Å²) in [4.78, 5) is 116. The topological polar surface area (TPSA) is 382 Å². The Hall–Kier alpha value is -6.67. The summed E-state index contributed by atoms with van der Waals surface area (Å²) in [6.45, 7) is 2.80. The number of nitrogens with one attached hydrogen (secondary N) is 7. The zero-order valence-corrected chi connectivity index (χ0v) is 32.8. The number of aliphatic hydroxyl groups is 2. The number of hydrogen-bond donors (Lipinski definition) is 13. The molecule has 0 saturated carbocycles. The number of carboxylic acid groups (broad SMARTS) is 3. The molecule has 26 heteroatoms. The van der Waals surface area contributed by atoms with Gasteiger partial charge in [-0.05, 0) is 32.8 Å². The van der Waals surface area contributed by atoms with Gasteiger partial charge in [-0.25, -0.2) is 14.6 Å². The van der Waals surface area contributed by atoms with E-state index in [1.807, 2.05) is 0 Å². The van der Waals surface area contributed by atoms with Gasteiger partial charge in [0, 0.05) is 31.2 Å². The summed E-state index contributed by atoms with van der Waals surface area (Å²) in [5, 5.41) is 59.5. The van der Waals surface area contributed by atoms with Crippen molar-refractivity contribution < 1.29 is 81.9 Å². The molecule has 1 heterocycles. The highest BCUT2D eigenvalue weighted by Crippen LogP contribution is 2.13. The standard InChI is InChI=1S/C33H47N9O12.C2HF3O2/c1-16(38-29(49)21(34)12-20-13-35-15-37-20)28(48)39-22(9-10-25(46)47)30(50)36-14-24(45)41-26(17(2)43)32(52)40-23(11-19-7-5-4-6-8-19)31(51)42-27(18(3)44)33(53)54;3-2(4,5)1(6)7/h4-8,13,15-18,21-23,26-27,43-44H,9-12,14,34H2,1-3H3,(H,35,37)(H,36,50)(H,38,49)(H,39,48)(H,40,52)(H,41,45)(H,42,51)(H,46,47)(H,53,54);(H,6,7)/t16-,17+,18+,21-,22-,23-,26-,27-;/m0./s1. The van der Waals surface area contributed by atoms with Crippen molar-refractivity contribution in [1.29, 1.82) is 0 Å². The molecule has 2 rings (SSSR count). The van der Waals surface area contributed by atoms with Crippen molar-refractivity contribution in [2.45, 2.75) is 101 Å². The number of benzene rings is 1. The minimum absolute atomic E-state index is 0.0875. The lowest BCUT2D eigenvalue weighted by Crippen LogP contribution is -2.60. The van der Waals surface area contributed by atoms with Crippen LogP contribution in [-0.4, -0.2) is 150 Å². The number of rotatable bonds is 22. The van der Waals surface area contributed by atoms with Gasteiger partial charge in [-0.15, -0.1) is 0 Å². The predicted octanol–water partition coefficient (Wildman–Crippen LogP) is -3.57. The molecule has 14 N–H and O–H groups in total. The van der Waals surface area contributed by atoms with Crippen LogP contribution in [0.4, 0.5) is 13.2 Å². The molecule has 0 spiro atoms. The van der Waals surface area contributed by atoms with Gasteiger partial charge in [-0.2, -0.15) is 13.2 Å². The molecule has 0 radical (unpaired) electrons. The lowest BCUT2D eigenvalue weighted by molar-refractivity contribution is -0.192. The lowest BCUT2D eigenvalue weighted by atomic mass is 10.0. The monoisotopic (exact) mass is 875 g/mol. The summed E-state index contributed by atoms with van der Waals surface area (Å²) in [5.41, 5.74) is 7.01.